The number of H-pyrrole nitrogens is 1. The van der Waals surface area contributed by atoms with E-state index in [2.05, 4.69) is 25.5 Å². The summed E-state index contributed by atoms with van der Waals surface area (Å²) >= 11 is 0. The molecule has 3 heterocycles. The maximum atomic E-state index is 12.7. The molecule has 0 radical (unpaired) electrons. The minimum atomic E-state index is -0.357. The zero-order valence-electron chi connectivity index (χ0n) is 15.9. The molecule has 2 aromatic rings. The van der Waals surface area contributed by atoms with Gasteiger partial charge in [-0.05, 0) is 51.5 Å². The largest absolute Gasteiger partial charge is 0.351 e. The fraction of sp³-hybridized carbons (Fsp3) is 0.526. The summed E-state index contributed by atoms with van der Waals surface area (Å²) in [7, 11) is 0. The van der Waals surface area contributed by atoms with Crippen LogP contribution in [0.1, 0.15) is 63.6 Å². The molecule has 27 heavy (non-hydrogen) atoms. The number of hydrogen-bond acceptors (Lipinski definition) is 5. The van der Waals surface area contributed by atoms with E-state index in [0.29, 0.717) is 19.6 Å². The lowest BCUT2D eigenvalue weighted by Crippen LogP contribution is -2.38. The number of amides is 2. The van der Waals surface area contributed by atoms with E-state index in [1.165, 1.54) is 18.0 Å². The van der Waals surface area contributed by atoms with Crippen molar-refractivity contribution in [2.24, 2.45) is 0 Å². The third kappa shape index (κ3) is 4.50. The van der Waals surface area contributed by atoms with Crippen LogP contribution in [0, 0.1) is 13.8 Å². The van der Waals surface area contributed by atoms with Crippen molar-refractivity contribution in [3.05, 3.63) is 40.7 Å². The highest BCUT2D eigenvalue weighted by molar-refractivity contribution is 6.04. The molecule has 3 rings (SSSR count). The maximum absolute atomic E-state index is 12.7. The predicted molar refractivity (Wildman–Crippen MR) is 101 cm³/mol. The van der Waals surface area contributed by atoms with Crippen LogP contribution in [0.25, 0.3) is 0 Å². The van der Waals surface area contributed by atoms with Crippen LogP contribution in [-0.4, -0.2) is 56.5 Å². The SMILES string of the molecule is Cc1n[nH]c(C)c1CCCNC(=O)c1nccnc1C(=O)N1CCCCC1. The number of aromatic amines is 1. The van der Waals surface area contributed by atoms with Crippen LogP contribution in [0.4, 0.5) is 0 Å². The second-order valence-corrected chi connectivity index (χ2v) is 6.88. The summed E-state index contributed by atoms with van der Waals surface area (Å²) in [5.74, 6) is -0.568. The van der Waals surface area contributed by atoms with Gasteiger partial charge < -0.3 is 10.2 Å². The van der Waals surface area contributed by atoms with E-state index in [1.54, 1.807) is 4.90 Å². The van der Waals surface area contributed by atoms with Gasteiger partial charge in [-0.1, -0.05) is 0 Å². The molecule has 0 bridgehead atoms. The van der Waals surface area contributed by atoms with E-state index in [-0.39, 0.29) is 23.2 Å². The molecular weight excluding hydrogens is 344 g/mol. The Kier molecular flexibility index (Phi) is 6.16. The molecule has 1 aliphatic heterocycles. The highest BCUT2D eigenvalue weighted by atomic mass is 16.2. The minimum absolute atomic E-state index is 0.101. The average Bonchev–Trinajstić information content (AvgIpc) is 3.03. The first kappa shape index (κ1) is 19.0. The Balaban J connectivity index is 1.59. The van der Waals surface area contributed by atoms with Crippen LogP contribution < -0.4 is 5.32 Å². The lowest BCUT2D eigenvalue weighted by atomic mass is 10.1. The van der Waals surface area contributed by atoms with Crippen molar-refractivity contribution in [1.29, 1.82) is 0 Å². The lowest BCUT2D eigenvalue weighted by Gasteiger charge is -2.26. The normalized spacial score (nSPS) is 14.2. The Morgan fingerprint density at radius 1 is 1.11 bits per heavy atom. The van der Waals surface area contributed by atoms with Gasteiger partial charge in [-0.2, -0.15) is 5.10 Å². The average molecular weight is 370 g/mol. The molecule has 0 saturated carbocycles. The molecule has 0 aliphatic carbocycles. The molecule has 2 amide bonds. The first-order valence-electron chi connectivity index (χ1n) is 9.47. The van der Waals surface area contributed by atoms with Gasteiger partial charge in [-0.15, -0.1) is 0 Å². The zero-order chi connectivity index (χ0) is 19.2. The molecular formula is C19H26N6O2. The monoisotopic (exact) mass is 370 g/mol. The van der Waals surface area contributed by atoms with Gasteiger partial charge in [0.05, 0.1) is 5.69 Å². The summed E-state index contributed by atoms with van der Waals surface area (Å²) in [6.45, 7) is 5.87. The summed E-state index contributed by atoms with van der Waals surface area (Å²) < 4.78 is 0. The molecule has 2 aromatic heterocycles. The summed E-state index contributed by atoms with van der Waals surface area (Å²) in [6, 6.07) is 0. The predicted octanol–water partition coefficient (Wildman–Crippen LogP) is 1.81. The summed E-state index contributed by atoms with van der Waals surface area (Å²) in [6.07, 6.45) is 7.61. The molecule has 8 heteroatoms. The van der Waals surface area contributed by atoms with Gasteiger partial charge in [-0.25, -0.2) is 9.97 Å². The molecule has 0 unspecified atom stereocenters. The quantitative estimate of drug-likeness (QED) is 0.755. The molecule has 144 valence electrons. The van der Waals surface area contributed by atoms with E-state index in [0.717, 1.165) is 43.5 Å². The van der Waals surface area contributed by atoms with Gasteiger partial charge in [0.1, 0.15) is 0 Å². The van der Waals surface area contributed by atoms with Crippen LogP contribution in [-0.2, 0) is 6.42 Å². The van der Waals surface area contributed by atoms with Gasteiger partial charge in [0, 0.05) is 37.7 Å². The third-order valence-electron chi connectivity index (χ3n) is 4.93. The molecule has 8 nitrogen and oxygen atoms in total. The second-order valence-electron chi connectivity index (χ2n) is 6.88. The number of likely N-dealkylation sites (tertiary alicyclic amines) is 1. The number of nitrogens with zero attached hydrogens (tertiary/aromatic N) is 4. The molecule has 0 aromatic carbocycles. The van der Waals surface area contributed by atoms with Crippen LogP contribution >= 0.6 is 0 Å². The maximum Gasteiger partial charge on any atom is 0.274 e. The summed E-state index contributed by atoms with van der Waals surface area (Å²) in [4.78, 5) is 35.3. The van der Waals surface area contributed by atoms with Gasteiger partial charge in [0.15, 0.2) is 11.4 Å². The van der Waals surface area contributed by atoms with Gasteiger partial charge in [0.25, 0.3) is 11.8 Å². The number of rotatable bonds is 6. The number of aromatic nitrogens is 4. The highest BCUT2D eigenvalue weighted by Crippen LogP contribution is 2.14. The number of carbonyl (C=O) groups excluding carboxylic acids is 2. The third-order valence-corrected chi connectivity index (χ3v) is 4.93. The topological polar surface area (TPSA) is 104 Å². The first-order valence-corrected chi connectivity index (χ1v) is 9.47. The highest BCUT2D eigenvalue weighted by Gasteiger charge is 2.25. The van der Waals surface area contributed by atoms with E-state index < -0.39 is 0 Å². The molecule has 0 atom stereocenters. The number of aryl methyl sites for hydroxylation is 2. The Labute approximate surface area is 158 Å². The number of hydrogen-bond donors (Lipinski definition) is 2. The van der Waals surface area contributed by atoms with Crippen molar-refractivity contribution >= 4 is 11.8 Å². The zero-order valence-corrected chi connectivity index (χ0v) is 15.9. The fourth-order valence-electron chi connectivity index (χ4n) is 3.40. The van der Waals surface area contributed by atoms with Crippen LogP contribution in [0.15, 0.2) is 12.4 Å². The van der Waals surface area contributed by atoms with Gasteiger partial charge >= 0.3 is 0 Å². The van der Waals surface area contributed by atoms with Crippen molar-refractivity contribution in [3.63, 3.8) is 0 Å². The molecule has 2 N–H and O–H groups in total. The van der Waals surface area contributed by atoms with Gasteiger partial charge in [-0.3, -0.25) is 14.7 Å². The van der Waals surface area contributed by atoms with Crippen LogP contribution in [0.3, 0.4) is 0 Å². The molecule has 1 aliphatic rings. The summed E-state index contributed by atoms with van der Waals surface area (Å²) in [5, 5.41) is 10.0. The Bertz CT molecular complexity index is 791. The van der Waals surface area contributed by atoms with Gasteiger partial charge in [0.2, 0.25) is 0 Å². The number of piperidine rings is 1. The Hall–Kier alpha value is -2.77. The smallest absolute Gasteiger partial charge is 0.274 e. The van der Waals surface area contributed by atoms with Crippen molar-refractivity contribution in [2.75, 3.05) is 19.6 Å². The van der Waals surface area contributed by atoms with Crippen LogP contribution in [0.2, 0.25) is 0 Å². The van der Waals surface area contributed by atoms with Crippen LogP contribution in [0.5, 0.6) is 0 Å². The Morgan fingerprint density at radius 2 is 1.81 bits per heavy atom. The Morgan fingerprint density at radius 3 is 2.48 bits per heavy atom. The van der Waals surface area contributed by atoms with E-state index in [1.807, 2.05) is 13.8 Å². The number of nitrogens with one attached hydrogen (secondary N) is 2. The van der Waals surface area contributed by atoms with E-state index >= 15 is 0 Å². The van der Waals surface area contributed by atoms with E-state index in [9.17, 15) is 9.59 Å². The van der Waals surface area contributed by atoms with Crippen molar-refractivity contribution in [2.45, 2.75) is 46.0 Å². The van der Waals surface area contributed by atoms with Crippen molar-refractivity contribution in [3.8, 4) is 0 Å². The van der Waals surface area contributed by atoms with Crippen molar-refractivity contribution in [1.82, 2.24) is 30.4 Å². The first-order chi connectivity index (χ1) is 13.1. The minimum Gasteiger partial charge on any atom is -0.351 e. The molecule has 0 spiro atoms. The fourth-order valence-corrected chi connectivity index (χ4v) is 3.40. The molecule has 1 fully saturated rings. The standard InChI is InChI=1S/C19H26N6O2/c1-13-15(14(2)24-23-13)7-6-8-22-18(26)16-17(21-10-9-20-16)19(27)25-11-4-3-5-12-25/h9-10H,3-8,11-12H2,1-2H3,(H,22,26)(H,23,24). The second kappa shape index (κ2) is 8.75. The van der Waals surface area contributed by atoms with Crippen molar-refractivity contribution < 1.29 is 9.59 Å². The molecule has 1 saturated heterocycles. The number of carbonyl (C=O) groups is 2. The van der Waals surface area contributed by atoms with E-state index in [4.69, 9.17) is 0 Å². The summed E-state index contributed by atoms with van der Waals surface area (Å²) in [5.41, 5.74) is 3.47. The lowest BCUT2D eigenvalue weighted by molar-refractivity contribution is 0.0711.